The zero-order valence-electron chi connectivity index (χ0n) is 7.08. The Bertz CT molecular complexity index is 173. The fraction of sp³-hybridized carbons (Fsp3) is 0.750. The molecule has 0 saturated carbocycles. The van der Waals surface area contributed by atoms with Crippen molar-refractivity contribution in [2.24, 2.45) is 5.73 Å². The maximum Gasteiger partial charge on any atom is 0.229 e. The Morgan fingerprint density at radius 2 is 1.67 bits per heavy atom. The van der Waals surface area contributed by atoms with E-state index in [4.69, 9.17) is 5.73 Å². The quantitative estimate of drug-likeness (QED) is 0.587. The van der Waals surface area contributed by atoms with Gasteiger partial charge in [0.15, 0.2) is 0 Å². The molecule has 68 valence electrons. The van der Waals surface area contributed by atoms with Gasteiger partial charge in [-0.15, -0.1) is 0 Å². The molecule has 0 radical (unpaired) electrons. The van der Waals surface area contributed by atoms with Crippen LogP contribution in [0.4, 0.5) is 0 Å². The Balaban J connectivity index is 2.61. The lowest BCUT2D eigenvalue weighted by atomic mass is 10.2. The minimum absolute atomic E-state index is 0.0667. The molecule has 1 aliphatic rings. The van der Waals surface area contributed by atoms with Crippen molar-refractivity contribution in [3.05, 3.63) is 0 Å². The van der Waals surface area contributed by atoms with Crippen LogP contribution in [0, 0.1) is 0 Å². The standard InChI is InChI=1S/C8H14N2O2/c9-5-6-10-7(11)3-1-2-4-8(10)12/h1-6,9H2. The Morgan fingerprint density at radius 1 is 1.17 bits per heavy atom. The van der Waals surface area contributed by atoms with Crippen LogP contribution in [-0.2, 0) is 9.59 Å². The predicted octanol–water partition coefficient (Wildman–Crippen LogP) is -0.126. The summed E-state index contributed by atoms with van der Waals surface area (Å²) in [5.74, 6) is -0.133. The summed E-state index contributed by atoms with van der Waals surface area (Å²) in [6.07, 6.45) is 2.63. The van der Waals surface area contributed by atoms with E-state index in [2.05, 4.69) is 0 Å². The van der Waals surface area contributed by atoms with Crippen molar-refractivity contribution in [1.82, 2.24) is 4.90 Å². The van der Waals surface area contributed by atoms with Crippen molar-refractivity contribution in [2.45, 2.75) is 25.7 Å². The fourth-order valence-corrected chi connectivity index (χ4v) is 1.34. The molecule has 4 nitrogen and oxygen atoms in total. The van der Waals surface area contributed by atoms with Gasteiger partial charge >= 0.3 is 0 Å². The van der Waals surface area contributed by atoms with Crippen molar-refractivity contribution < 1.29 is 9.59 Å². The molecule has 2 amide bonds. The van der Waals surface area contributed by atoms with E-state index < -0.39 is 0 Å². The summed E-state index contributed by atoms with van der Waals surface area (Å²) in [7, 11) is 0. The molecule has 1 saturated heterocycles. The number of nitrogens with zero attached hydrogens (tertiary/aromatic N) is 1. The SMILES string of the molecule is NCCN1C(=O)CCCCC1=O. The lowest BCUT2D eigenvalue weighted by Gasteiger charge is -2.16. The maximum atomic E-state index is 11.3. The van der Waals surface area contributed by atoms with Crippen molar-refractivity contribution in [3.8, 4) is 0 Å². The van der Waals surface area contributed by atoms with Gasteiger partial charge in [0.2, 0.25) is 11.8 Å². The first-order valence-electron chi connectivity index (χ1n) is 4.29. The van der Waals surface area contributed by atoms with Gasteiger partial charge in [0.25, 0.3) is 0 Å². The normalized spacial score (nSPS) is 19.6. The zero-order chi connectivity index (χ0) is 8.97. The molecular weight excluding hydrogens is 156 g/mol. The molecule has 1 rings (SSSR count). The number of imide groups is 1. The molecule has 0 aromatic heterocycles. The third kappa shape index (κ3) is 2.04. The van der Waals surface area contributed by atoms with Crippen LogP contribution in [0.5, 0.6) is 0 Å². The lowest BCUT2D eigenvalue weighted by Crippen LogP contribution is -2.38. The van der Waals surface area contributed by atoms with Gasteiger partial charge < -0.3 is 5.73 Å². The van der Waals surface area contributed by atoms with Crippen LogP contribution in [0.1, 0.15) is 25.7 Å². The zero-order valence-corrected chi connectivity index (χ0v) is 7.08. The minimum atomic E-state index is -0.0667. The van der Waals surface area contributed by atoms with Crippen molar-refractivity contribution >= 4 is 11.8 Å². The van der Waals surface area contributed by atoms with Gasteiger partial charge in [0, 0.05) is 25.9 Å². The van der Waals surface area contributed by atoms with E-state index >= 15 is 0 Å². The van der Waals surface area contributed by atoms with Gasteiger partial charge in [-0.3, -0.25) is 14.5 Å². The van der Waals surface area contributed by atoms with Crippen LogP contribution >= 0.6 is 0 Å². The maximum absolute atomic E-state index is 11.3. The minimum Gasteiger partial charge on any atom is -0.329 e. The Labute approximate surface area is 71.7 Å². The second kappa shape index (κ2) is 4.21. The molecule has 1 aliphatic heterocycles. The number of likely N-dealkylation sites (tertiary alicyclic amines) is 1. The molecular formula is C8H14N2O2. The Kier molecular flexibility index (Phi) is 3.22. The van der Waals surface area contributed by atoms with Crippen molar-refractivity contribution in [2.75, 3.05) is 13.1 Å². The van der Waals surface area contributed by atoms with Crippen LogP contribution in [0.15, 0.2) is 0 Å². The van der Waals surface area contributed by atoms with Gasteiger partial charge in [-0.1, -0.05) is 0 Å². The summed E-state index contributed by atoms with van der Waals surface area (Å²) in [6, 6.07) is 0. The highest BCUT2D eigenvalue weighted by atomic mass is 16.2. The number of nitrogens with two attached hydrogens (primary N) is 1. The molecule has 12 heavy (non-hydrogen) atoms. The van der Waals surface area contributed by atoms with Crippen molar-refractivity contribution in [3.63, 3.8) is 0 Å². The monoisotopic (exact) mass is 170 g/mol. The van der Waals surface area contributed by atoms with Gasteiger partial charge in [0.1, 0.15) is 0 Å². The topological polar surface area (TPSA) is 63.4 Å². The van der Waals surface area contributed by atoms with Crippen LogP contribution in [0.3, 0.4) is 0 Å². The predicted molar refractivity (Wildman–Crippen MR) is 44.2 cm³/mol. The van der Waals surface area contributed by atoms with Crippen LogP contribution in [0.2, 0.25) is 0 Å². The van der Waals surface area contributed by atoms with E-state index in [-0.39, 0.29) is 11.8 Å². The lowest BCUT2D eigenvalue weighted by molar-refractivity contribution is -0.143. The molecule has 0 unspecified atom stereocenters. The van der Waals surface area contributed by atoms with Gasteiger partial charge in [-0.25, -0.2) is 0 Å². The van der Waals surface area contributed by atoms with Crippen LogP contribution in [0.25, 0.3) is 0 Å². The molecule has 0 bridgehead atoms. The first-order chi connectivity index (χ1) is 5.75. The molecule has 0 spiro atoms. The highest BCUT2D eigenvalue weighted by Gasteiger charge is 2.22. The molecule has 1 fully saturated rings. The molecule has 1 heterocycles. The first-order valence-corrected chi connectivity index (χ1v) is 4.29. The highest BCUT2D eigenvalue weighted by molar-refractivity contribution is 5.95. The average molecular weight is 170 g/mol. The summed E-state index contributed by atoms with van der Waals surface area (Å²) in [5.41, 5.74) is 5.29. The summed E-state index contributed by atoms with van der Waals surface area (Å²) in [5, 5.41) is 0. The summed E-state index contributed by atoms with van der Waals surface area (Å²) in [6.45, 7) is 0.731. The fourth-order valence-electron chi connectivity index (χ4n) is 1.34. The second-order valence-electron chi connectivity index (χ2n) is 2.93. The van der Waals surface area contributed by atoms with E-state index in [0.717, 1.165) is 12.8 Å². The largest absolute Gasteiger partial charge is 0.329 e. The number of hydrogen-bond donors (Lipinski definition) is 1. The molecule has 2 N–H and O–H groups in total. The highest BCUT2D eigenvalue weighted by Crippen LogP contribution is 2.11. The van der Waals surface area contributed by atoms with E-state index in [9.17, 15) is 9.59 Å². The van der Waals surface area contributed by atoms with E-state index in [1.807, 2.05) is 0 Å². The smallest absolute Gasteiger partial charge is 0.229 e. The number of hydrogen-bond acceptors (Lipinski definition) is 3. The van der Waals surface area contributed by atoms with E-state index in [1.165, 1.54) is 4.90 Å². The third-order valence-corrected chi connectivity index (χ3v) is 1.99. The summed E-state index contributed by atoms with van der Waals surface area (Å²) in [4.78, 5) is 23.8. The molecule has 4 heteroatoms. The molecule has 0 aliphatic carbocycles. The summed E-state index contributed by atoms with van der Waals surface area (Å²) >= 11 is 0. The molecule has 0 aromatic carbocycles. The number of amides is 2. The van der Waals surface area contributed by atoms with Crippen molar-refractivity contribution in [1.29, 1.82) is 0 Å². The average Bonchev–Trinajstić information content (AvgIpc) is 2.19. The Morgan fingerprint density at radius 3 is 2.08 bits per heavy atom. The molecule has 0 atom stereocenters. The van der Waals surface area contributed by atoms with Gasteiger partial charge in [-0.05, 0) is 12.8 Å². The molecule has 0 aromatic rings. The van der Waals surface area contributed by atoms with Gasteiger partial charge in [-0.2, -0.15) is 0 Å². The second-order valence-corrected chi connectivity index (χ2v) is 2.93. The summed E-state index contributed by atoms with van der Waals surface area (Å²) < 4.78 is 0. The van der Waals surface area contributed by atoms with Crippen LogP contribution < -0.4 is 5.73 Å². The number of carbonyl (C=O) groups excluding carboxylic acids is 2. The van der Waals surface area contributed by atoms with Crippen LogP contribution in [-0.4, -0.2) is 29.8 Å². The number of rotatable bonds is 2. The van der Waals surface area contributed by atoms with E-state index in [0.29, 0.717) is 25.9 Å². The number of carbonyl (C=O) groups is 2. The Hall–Kier alpha value is -0.900. The first kappa shape index (κ1) is 9.19. The van der Waals surface area contributed by atoms with Gasteiger partial charge in [0.05, 0.1) is 0 Å². The van der Waals surface area contributed by atoms with E-state index in [1.54, 1.807) is 0 Å². The third-order valence-electron chi connectivity index (χ3n) is 1.99.